The smallest absolute Gasteiger partial charge is 0.244 e. The van der Waals surface area contributed by atoms with Crippen molar-refractivity contribution in [2.75, 3.05) is 6.54 Å². The molecule has 3 aromatic heterocycles. The van der Waals surface area contributed by atoms with Crippen molar-refractivity contribution in [1.82, 2.24) is 25.0 Å². The maximum Gasteiger partial charge on any atom is 0.244 e. The first-order valence-electron chi connectivity index (χ1n) is 9.32. The Hall–Kier alpha value is -2.12. The standard InChI is InChI=1S/C19H21N5OS/c1-2-6-16-14(4-1)21-17(26-16)12-24-11-3-5-15(24)19-22-18(23-25-19)13-7-9-20-10-8-13/h7-10,15H,1-6,11-12H2/t15-/m0/s1. The van der Waals surface area contributed by atoms with Crippen LogP contribution in [0.1, 0.15) is 53.2 Å². The number of nitrogens with zero attached hydrogens (tertiary/aromatic N) is 5. The van der Waals surface area contributed by atoms with Crippen molar-refractivity contribution in [3.05, 3.63) is 46.0 Å². The summed E-state index contributed by atoms with van der Waals surface area (Å²) in [7, 11) is 0. The molecule has 0 N–H and O–H groups in total. The van der Waals surface area contributed by atoms with E-state index in [1.54, 1.807) is 12.4 Å². The SMILES string of the molecule is c1cc(-c2noc([C@@H]3CCCN3Cc3nc4c(s3)CCCC4)n2)ccn1. The van der Waals surface area contributed by atoms with Crippen LogP contribution in [0, 0.1) is 0 Å². The summed E-state index contributed by atoms with van der Waals surface area (Å²) < 4.78 is 5.61. The zero-order chi connectivity index (χ0) is 17.3. The average Bonchev–Trinajstić information content (AvgIpc) is 3.41. The Kier molecular flexibility index (Phi) is 4.26. The fourth-order valence-corrected chi connectivity index (χ4v) is 5.11. The molecular formula is C19H21N5OS. The topological polar surface area (TPSA) is 67.9 Å². The first kappa shape index (κ1) is 16.1. The summed E-state index contributed by atoms with van der Waals surface area (Å²) in [5.74, 6) is 1.36. The van der Waals surface area contributed by atoms with Gasteiger partial charge in [-0.2, -0.15) is 4.98 Å². The van der Waals surface area contributed by atoms with Crippen molar-refractivity contribution in [3.8, 4) is 11.4 Å². The van der Waals surface area contributed by atoms with E-state index in [1.165, 1.54) is 34.8 Å². The lowest BCUT2D eigenvalue weighted by Crippen LogP contribution is -2.23. The highest BCUT2D eigenvalue weighted by Crippen LogP contribution is 2.35. The van der Waals surface area contributed by atoms with E-state index >= 15 is 0 Å². The number of rotatable bonds is 4. The second-order valence-electron chi connectivity index (χ2n) is 7.01. The summed E-state index contributed by atoms with van der Waals surface area (Å²) in [5.41, 5.74) is 2.27. The molecule has 0 bridgehead atoms. The lowest BCUT2D eigenvalue weighted by molar-refractivity contribution is 0.201. The van der Waals surface area contributed by atoms with Crippen LogP contribution in [0.3, 0.4) is 0 Å². The van der Waals surface area contributed by atoms with E-state index in [1.807, 2.05) is 23.5 Å². The van der Waals surface area contributed by atoms with Gasteiger partial charge < -0.3 is 4.52 Å². The maximum absolute atomic E-state index is 5.61. The van der Waals surface area contributed by atoms with Crippen molar-refractivity contribution in [3.63, 3.8) is 0 Å². The molecule has 0 unspecified atom stereocenters. The molecule has 7 heteroatoms. The third kappa shape index (κ3) is 3.05. The van der Waals surface area contributed by atoms with Crippen molar-refractivity contribution in [2.45, 2.75) is 51.1 Å². The molecular weight excluding hydrogens is 346 g/mol. The molecule has 134 valence electrons. The number of aryl methyl sites for hydroxylation is 2. The number of hydrogen-bond donors (Lipinski definition) is 0. The van der Waals surface area contributed by atoms with Gasteiger partial charge in [0.15, 0.2) is 0 Å². The van der Waals surface area contributed by atoms with Crippen LogP contribution in [0.2, 0.25) is 0 Å². The molecule has 3 aromatic rings. The maximum atomic E-state index is 5.61. The van der Waals surface area contributed by atoms with Crippen LogP contribution in [-0.4, -0.2) is 31.6 Å². The summed E-state index contributed by atoms with van der Waals surface area (Å²) in [5, 5.41) is 5.41. The van der Waals surface area contributed by atoms with Gasteiger partial charge in [0.1, 0.15) is 5.01 Å². The molecule has 0 amide bonds. The van der Waals surface area contributed by atoms with Crippen LogP contribution >= 0.6 is 11.3 Å². The average molecular weight is 367 g/mol. The summed E-state index contributed by atoms with van der Waals surface area (Å²) in [6.07, 6.45) is 10.6. The summed E-state index contributed by atoms with van der Waals surface area (Å²) in [4.78, 5) is 17.5. The number of hydrogen-bond acceptors (Lipinski definition) is 7. The van der Waals surface area contributed by atoms with Crippen molar-refractivity contribution < 1.29 is 4.52 Å². The molecule has 1 aliphatic carbocycles. The zero-order valence-electron chi connectivity index (χ0n) is 14.6. The lowest BCUT2D eigenvalue weighted by atomic mass is 10.0. The zero-order valence-corrected chi connectivity index (χ0v) is 15.4. The lowest BCUT2D eigenvalue weighted by Gasteiger charge is -2.19. The minimum absolute atomic E-state index is 0.194. The van der Waals surface area contributed by atoms with Gasteiger partial charge in [-0.1, -0.05) is 5.16 Å². The monoisotopic (exact) mass is 367 g/mol. The Bertz CT molecular complexity index is 867. The molecule has 1 atom stereocenters. The third-order valence-corrected chi connectivity index (χ3v) is 6.40. The summed E-state index contributed by atoms with van der Waals surface area (Å²) in [6, 6.07) is 4.00. The van der Waals surface area contributed by atoms with Crippen molar-refractivity contribution in [2.24, 2.45) is 0 Å². The van der Waals surface area contributed by atoms with Crippen LogP contribution in [0.5, 0.6) is 0 Å². The van der Waals surface area contributed by atoms with Crippen LogP contribution in [0.15, 0.2) is 29.0 Å². The van der Waals surface area contributed by atoms with Gasteiger partial charge in [0, 0.05) is 22.8 Å². The number of fused-ring (bicyclic) bond motifs is 1. The minimum atomic E-state index is 0.194. The normalized spacial score (nSPS) is 20.4. The molecule has 0 aromatic carbocycles. The first-order chi connectivity index (χ1) is 12.9. The number of thiazole rings is 1. The molecule has 0 saturated carbocycles. The summed E-state index contributed by atoms with van der Waals surface area (Å²) >= 11 is 1.90. The van der Waals surface area contributed by atoms with Crippen LogP contribution < -0.4 is 0 Å². The third-order valence-electron chi connectivity index (χ3n) is 5.26. The van der Waals surface area contributed by atoms with Crippen LogP contribution in [0.4, 0.5) is 0 Å². The van der Waals surface area contributed by atoms with Gasteiger partial charge in [-0.25, -0.2) is 4.98 Å². The highest BCUT2D eigenvalue weighted by Gasteiger charge is 2.31. The van der Waals surface area contributed by atoms with Gasteiger partial charge in [-0.05, 0) is 57.2 Å². The van der Waals surface area contributed by atoms with Gasteiger partial charge in [-0.15, -0.1) is 11.3 Å². The van der Waals surface area contributed by atoms with Gasteiger partial charge in [0.05, 0.1) is 18.3 Å². The Morgan fingerprint density at radius 3 is 2.88 bits per heavy atom. The highest BCUT2D eigenvalue weighted by molar-refractivity contribution is 7.11. The van der Waals surface area contributed by atoms with Crippen molar-refractivity contribution in [1.29, 1.82) is 0 Å². The van der Waals surface area contributed by atoms with E-state index in [2.05, 4.69) is 20.0 Å². The fourth-order valence-electron chi connectivity index (χ4n) is 3.93. The highest BCUT2D eigenvalue weighted by atomic mass is 32.1. The predicted octanol–water partition coefficient (Wildman–Crippen LogP) is 3.80. The Balaban J connectivity index is 1.34. The molecule has 5 rings (SSSR count). The van der Waals surface area contributed by atoms with E-state index in [9.17, 15) is 0 Å². The minimum Gasteiger partial charge on any atom is -0.337 e. The Morgan fingerprint density at radius 1 is 1.12 bits per heavy atom. The molecule has 1 fully saturated rings. The van der Waals surface area contributed by atoms with E-state index in [-0.39, 0.29) is 6.04 Å². The molecule has 0 radical (unpaired) electrons. The Morgan fingerprint density at radius 2 is 2.00 bits per heavy atom. The second kappa shape index (κ2) is 6.89. The molecule has 1 saturated heterocycles. The van der Waals surface area contributed by atoms with Crippen LogP contribution in [0.25, 0.3) is 11.4 Å². The first-order valence-corrected chi connectivity index (χ1v) is 10.1. The van der Waals surface area contributed by atoms with Gasteiger partial charge in [0.25, 0.3) is 0 Å². The van der Waals surface area contributed by atoms with E-state index in [0.717, 1.165) is 43.8 Å². The van der Waals surface area contributed by atoms with Crippen molar-refractivity contribution >= 4 is 11.3 Å². The van der Waals surface area contributed by atoms with Crippen LogP contribution in [-0.2, 0) is 19.4 Å². The second-order valence-corrected chi connectivity index (χ2v) is 8.17. The van der Waals surface area contributed by atoms with Gasteiger partial charge in [0.2, 0.25) is 11.7 Å². The fraction of sp³-hybridized carbons (Fsp3) is 0.474. The Labute approximate surface area is 156 Å². The predicted molar refractivity (Wildman–Crippen MR) is 98.7 cm³/mol. The quantitative estimate of drug-likeness (QED) is 0.699. The number of pyridine rings is 1. The molecule has 2 aliphatic rings. The molecule has 4 heterocycles. The molecule has 26 heavy (non-hydrogen) atoms. The molecule has 6 nitrogen and oxygen atoms in total. The van der Waals surface area contributed by atoms with Gasteiger partial charge >= 0.3 is 0 Å². The van der Waals surface area contributed by atoms with E-state index in [0.29, 0.717) is 5.82 Å². The van der Waals surface area contributed by atoms with Gasteiger partial charge in [-0.3, -0.25) is 9.88 Å². The largest absolute Gasteiger partial charge is 0.337 e. The number of likely N-dealkylation sites (tertiary alicyclic amines) is 1. The molecule has 0 spiro atoms. The molecule has 1 aliphatic heterocycles. The van der Waals surface area contributed by atoms with E-state index < -0.39 is 0 Å². The summed E-state index contributed by atoms with van der Waals surface area (Å²) in [6.45, 7) is 1.94. The van der Waals surface area contributed by atoms with E-state index in [4.69, 9.17) is 9.51 Å². The number of aromatic nitrogens is 4.